The molecule has 2 fully saturated rings. The van der Waals surface area contributed by atoms with Crippen molar-refractivity contribution in [2.24, 2.45) is 5.41 Å². The van der Waals surface area contributed by atoms with E-state index in [2.05, 4.69) is 15.0 Å². The van der Waals surface area contributed by atoms with Crippen LogP contribution in [0.2, 0.25) is 0 Å². The number of anilines is 1. The van der Waals surface area contributed by atoms with Gasteiger partial charge < -0.3 is 9.80 Å². The maximum Gasteiger partial charge on any atom is 0.272 e. The second-order valence-electron chi connectivity index (χ2n) is 6.63. The van der Waals surface area contributed by atoms with Crippen molar-refractivity contribution in [3.63, 3.8) is 0 Å². The zero-order chi connectivity index (χ0) is 17.3. The van der Waals surface area contributed by atoms with Gasteiger partial charge in [-0.3, -0.25) is 14.6 Å². The summed E-state index contributed by atoms with van der Waals surface area (Å²) in [4.78, 5) is 41.5. The smallest absolute Gasteiger partial charge is 0.272 e. The fraction of sp³-hybridized carbons (Fsp3) is 0.389. The largest absolute Gasteiger partial charge is 0.336 e. The predicted molar refractivity (Wildman–Crippen MR) is 90.8 cm³/mol. The highest BCUT2D eigenvalue weighted by atomic mass is 16.2. The van der Waals surface area contributed by atoms with Crippen molar-refractivity contribution in [3.8, 4) is 0 Å². The molecule has 2 amide bonds. The molecule has 1 spiro atoms. The van der Waals surface area contributed by atoms with Crippen molar-refractivity contribution in [2.45, 2.75) is 19.3 Å². The Kier molecular flexibility index (Phi) is 3.91. The summed E-state index contributed by atoms with van der Waals surface area (Å²) in [5.74, 6) is -0.0326. The number of amides is 2. The molecule has 2 aliphatic rings. The van der Waals surface area contributed by atoms with E-state index in [4.69, 9.17) is 0 Å². The number of pyridine rings is 1. The molecule has 1 unspecified atom stereocenters. The van der Waals surface area contributed by atoms with Crippen molar-refractivity contribution >= 4 is 17.5 Å². The molecule has 0 N–H and O–H groups in total. The van der Waals surface area contributed by atoms with E-state index in [0.29, 0.717) is 25.3 Å². The fourth-order valence-corrected chi connectivity index (χ4v) is 3.83. The van der Waals surface area contributed by atoms with Crippen molar-refractivity contribution in [2.75, 3.05) is 24.5 Å². The molecule has 128 valence electrons. The summed E-state index contributed by atoms with van der Waals surface area (Å²) in [5, 5.41) is 0. The van der Waals surface area contributed by atoms with Crippen LogP contribution < -0.4 is 4.90 Å². The van der Waals surface area contributed by atoms with Gasteiger partial charge in [-0.2, -0.15) is 0 Å². The number of piperidine rings is 1. The number of hydrogen-bond donors (Lipinski definition) is 0. The molecule has 7 nitrogen and oxygen atoms in total. The van der Waals surface area contributed by atoms with Gasteiger partial charge in [0.15, 0.2) is 0 Å². The van der Waals surface area contributed by atoms with Gasteiger partial charge in [-0.25, -0.2) is 9.97 Å². The first-order valence-corrected chi connectivity index (χ1v) is 8.47. The van der Waals surface area contributed by atoms with Gasteiger partial charge in [0.1, 0.15) is 12.0 Å². The van der Waals surface area contributed by atoms with Gasteiger partial charge in [-0.1, -0.05) is 6.07 Å². The Bertz CT molecular complexity index is 783. The van der Waals surface area contributed by atoms with Gasteiger partial charge in [0.25, 0.3) is 5.91 Å². The Balaban J connectivity index is 1.55. The van der Waals surface area contributed by atoms with E-state index >= 15 is 0 Å². The summed E-state index contributed by atoms with van der Waals surface area (Å²) in [5.41, 5.74) is 0.647. The lowest BCUT2D eigenvalue weighted by atomic mass is 9.78. The van der Waals surface area contributed by atoms with E-state index in [-0.39, 0.29) is 11.8 Å². The second-order valence-corrected chi connectivity index (χ2v) is 6.63. The highest BCUT2D eigenvalue weighted by molar-refractivity contribution is 6.00. The molecule has 0 saturated carbocycles. The number of nitrogens with zero attached hydrogens (tertiary/aromatic N) is 5. The first-order chi connectivity index (χ1) is 12.2. The van der Waals surface area contributed by atoms with Crippen LogP contribution in [0, 0.1) is 5.41 Å². The Morgan fingerprint density at radius 3 is 2.72 bits per heavy atom. The highest BCUT2D eigenvalue weighted by Crippen LogP contribution is 2.41. The van der Waals surface area contributed by atoms with Crippen molar-refractivity contribution < 1.29 is 9.59 Å². The van der Waals surface area contributed by atoms with E-state index in [1.807, 2.05) is 0 Å². The molecule has 0 radical (unpaired) electrons. The number of aromatic nitrogens is 3. The molecule has 2 aliphatic heterocycles. The maximum absolute atomic E-state index is 13.1. The van der Waals surface area contributed by atoms with Gasteiger partial charge in [0.05, 0.1) is 23.5 Å². The van der Waals surface area contributed by atoms with E-state index < -0.39 is 5.41 Å². The lowest BCUT2D eigenvalue weighted by molar-refractivity contribution is -0.127. The van der Waals surface area contributed by atoms with Crippen LogP contribution >= 0.6 is 0 Å². The Labute approximate surface area is 145 Å². The van der Waals surface area contributed by atoms with Gasteiger partial charge >= 0.3 is 0 Å². The molecule has 2 aromatic heterocycles. The van der Waals surface area contributed by atoms with Crippen LogP contribution in [-0.2, 0) is 4.79 Å². The lowest BCUT2D eigenvalue weighted by Gasteiger charge is -2.38. The van der Waals surface area contributed by atoms with Crippen LogP contribution in [0.4, 0.5) is 5.69 Å². The number of likely N-dealkylation sites (tertiary alicyclic amines) is 1. The first-order valence-electron chi connectivity index (χ1n) is 8.47. The van der Waals surface area contributed by atoms with E-state index in [0.717, 1.165) is 24.9 Å². The molecule has 0 aromatic carbocycles. The van der Waals surface area contributed by atoms with Gasteiger partial charge in [-0.05, 0) is 31.4 Å². The van der Waals surface area contributed by atoms with Crippen LogP contribution in [-0.4, -0.2) is 51.3 Å². The normalized spacial score (nSPS) is 23.3. The molecular formula is C18H19N5O2. The molecule has 2 saturated heterocycles. The van der Waals surface area contributed by atoms with Gasteiger partial charge in [0.2, 0.25) is 5.91 Å². The molecule has 25 heavy (non-hydrogen) atoms. The van der Waals surface area contributed by atoms with E-state index in [1.54, 1.807) is 46.6 Å². The summed E-state index contributed by atoms with van der Waals surface area (Å²) >= 11 is 0. The number of carbonyl (C=O) groups is 2. The summed E-state index contributed by atoms with van der Waals surface area (Å²) in [6.45, 7) is 1.75. The number of carbonyl (C=O) groups excluding carboxylic acids is 2. The van der Waals surface area contributed by atoms with Gasteiger partial charge in [-0.15, -0.1) is 0 Å². The van der Waals surface area contributed by atoms with Crippen LogP contribution in [0.25, 0.3) is 0 Å². The Hall–Kier alpha value is -2.83. The summed E-state index contributed by atoms with van der Waals surface area (Å²) in [6.07, 6.45) is 8.75. The highest BCUT2D eigenvalue weighted by Gasteiger charge is 2.50. The summed E-state index contributed by atoms with van der Waals surface area (Å²) in [6, 6.07) is 5.31. The van der Waals surface area contributed by atoms with E-state index in [1.165, 1.54) is 6.33 Å². The SMILES string of the molecule is O=C(c1ccccn1)N1CCCC2(CCN(c3cncnc3)C2=O)C1. The fourth-order valence-electron chi connectivity index (χ4n) is 3.83. The maximum atomic E-state index is 13.1. The zero-order valence-electron chi connectivity index (χ0n) is 13.8. The average Bonchev–Trinajstić information content (AvgIpc) is 2.98. The third-order valence-electron chi connectivity index (χ3n) is 5.12. The minimum atomic E-state index is -0.501. The van der Waals surface area contributed by atoms with Crippen molar-refractivity contribution in [3.05, 3.63) is 48.8 Å². The molecule has 1 atom stereocenters. The third kappa shape index (κ3) is 2.75. The molecule has 0 bridgehead atoms. The minimum absolute atomic E-state index is 0.0702. The lowest BCUT2D eigenvalue weighted by Crippen LogP contribution is -2.50. The standard InChI is InChI=1S/C18H19N5O2/c24-16(15-4-1-2-7-21-15)22-8-3-5-18(12-22)6-9-23(17(18)25)14-10-19-13-20-11-14/h1-2,4,7,10-11,13H,3,5-6,8-9,12H2. The topological polar surface area (TPSA) is 79.3 Å². The number of hydrogen-bond acceptors (Lipinski definition) is 5. The number of rotatable bonds is 2. The molecular weight excluding hydrogens is 318 g/mol. The van der Waals surface area contributed by atoms with Crippen LogP contribution in [0.3, 0.4) is 0 Å². The molecule has 4 rings (SSSR count). The van der Waals surface area contributed by atoms with Gasteiger partial charge in [0, 0.05) is 25.8 Å². The predicted octanol–water partition coefficient (Wildman–Crippen LogP) is 1.53. The Morgan fingerprint density at radius 1 is 1.12 bits per heavy atom. The Morgan fingerprint density at radius 2 is 1.96 bits per heavy atom. The third-order valence-corrected chi connectivity index (χ3v) is 5.12. The van der Waals surface area contributed by atoms with Crippen molar-refractivity contribution in [1.82, 2.24) is 19.9 Å². The van der Waals surface area contributed by atoms with Crippen LogP contribution in [0.5, 0.6) is 0 Å². The van der Waals surface area contributed by atoms with Crippen molar-refractivity contribution in [1.29, 1.82) is 0 Å². The first kappa shape index (κ1) is 15.7. The molecule has 2 aromatic rings. The van der Waals surface area contributed by atoms with E-state index in [9.17, 15) is 9.59 Å². The molecule has 7 heteroatoms. The monoisotopic (exact) mass is 337 g/mol. The molecule has 4 heterocycles. The second kappa shape index (κ2) is 6.23. The quantitative estimate of drug-likeness (QED) is 0.830. The zero-order valence-corrected chi connectivity index (χ0v) is 13.8. The molecule has 0 aliphatic carbocycles. The summed E-state index contributed by atoms with van der Waals surface area (Å²) in [7, 11) is 0. The average molecular weight is 337 g/mol. The van der Waals surface area contributed by atoms with Crippen LogP contribution in [0.1, 0.15) is 29.8 Å². The van der Waals surface area contributed by atoms with Crippen LogP contribution in [0.15, 0.2) is 43.1 Å². The minimum Gasteiger partial charge on any atom is -0.336 e. The summed E-state index contributed by atoms with van der Waals surface area (Å²) < 4.78 is 0.